The van der Waals surface area contributed by atoms with Crippen LogP contribution >= 0.6 is 24.0 Å². The van der Waals surface area contributed by atoms with Crippen LogP contribution in [0.5, 0.6) is 0 Å². The molecule has 80 valence electrons. The summed E-state index contributed by atoms with van der Waals surface area (Å²) in [6, 6.07) is 14.7. The number of halogens is 1. The zero-order valence-electron chi connectivity index (χ0n) is 7.62. The maximum absolute atomic E-state index is 9.06. The number of fused-ring (bicyclic) bond motifs is 1. The Kier molecular flexibility index (Phi) is 8.26. The Morgan fingerprint density at radius 1 is 1.07 bits per heavy atom. The zero-order chi connectivity index (χ0) is 10.2. The van der Waals surface area contributed by atoms with Gasteiger partial charge in [-0.2, -0.15) is 17.5 Å². The van der Waals surface area contributed by atoms with Gasteiger partial charge in [-0.05, 0) is 0 Å². The molecule has 0 saturated carbocycles. The first kappa shape index (κ1) is 14.3. The molecule has 0 atom stereocenters. The minimum Gasteiger partial charge on any atom is -0.168 e. The molecule has 0 spiro atoms. The van der Waals surface area contributed by atoms with E-state index in [0.717, 1.165) is 0 Å². The topological polar surface area (TPSA) is 34.1 Å². The van der Waals surface area contributed by atoms with Gasteiger partial charge in [0.05, 0.1) is 0 Å². The third-order valence-electron chi connectivity index (χ3n) is 1.62. The Labute approximate surface area is 111 Å². The summed E-state index contributed by atoms with van der Waals surface area (Å²) in [6.45, 7) is 0. The van der Waals surface area contributed by atoms with Crippen molar-refractivity contribution in [1.82, 2.24) is 0 Å². The Morgan fingerprint density at radius 3 is 2.27 bits per heavy atom. The molecule has 0 N–H and O–H groups in total. The summed E-state index contributed by atoms with van der Waals surface area (Å²) in [4.78, 5) is 18.1. The average molecular weight is 400 g/mol. The van der Waals surface area contributed by atoms with Gasteiger partial charge >= 0.3 is 34.8 Å². The summed E-state index contributed by atoms with van der Waals surface area (Å²) in [5, 5.41) is 2.66. The van der Waals surface area contributed by atoms with Gasteiger partial charge in [0.2, 0.25) is 0 Å². The third kappa shape index (κ3) is 5.10. The molecule has 0 amide bonds. The molecule has 0 radical (unpaired) electrons. The minimum atomic E-state index is -0.842. The number of rotatable bonds is 0. The van der Waals surface area contributed by atoms with Crippen molar-refractivity contribution in [1.29, 1.82) is 0 Å². The Morgan fingerprint density at radius 2 is 1.73 bits per heavy atom. The summed E-state index contributed by atoms with van der Waals surface area (Å²) >= 11 is -0.842. The first-order chi connectivity index (χ1) is 6.88. The van der Waals surface area contributed by atoms with E-state index in [4.69, 9.17) is 9.59 Å². The van der Waals surface area contributed by atoms with Gasteiger partial charge in [0.1, 0.15) is 0 Å². The van der Waals surface area contributed by atoms with E-state index in [2.05, 4.69) is 42.5 Å². The molecule has 15 heavy (non-hydrogen) atoms. The van der Waals surface area contributed by atoms with Crippen LogP contribution in [0.2, 0.25) is 0 Å². The van der Waals surface area contributed by atoms with Gasteiger partial charge in [-0.15, -0.1) is 53.6 Å². The Balaban J connectivity index is 0.000000289. The fourth-order valence-corrected chi connectivity index (χ4v) is 1.16. The molecule has 0 fully saturated rings. The summed E-state index contributed by atoms with van der Waals surface area (Å²) in [7, 11) is 0. The fraction of sp³-hybridized carbons (Fsp3) is 0. The van der Waals surface area contributed by atoms with E-state index >= 15 is 0 Å². The van der Waals surface area contributed by atoms with Crippen LogP contribution in [0, 0.1) is 0 Å². The second-order valence-electron chi connectivity index (χ2n) is 2.39. The van der Waals surface area contributed by atoms with Crippen LogP contribution in [0.1, 0.15) is 0 Å². The number of hydrogen-bond donors (Lipinski definition) is 0. The van der Waals surface area contributed by atoms with Crippen molar-refractivity contribution in [3.8, 4) is 0 Å². The van der Waals surface area contributed by atoms with Gasteiger partial charge in [0, 0.05) is 0 Å². The molecular weight excluding hydrogens is 392 g/mol. The summed E-state index contributed by atoms with van der Waals surface area (Å²) < 4.78 is 2.87. The molecule has 0 unspecified atom stereocenters. The smallest absolute Gasteiger partial charge is 0.0809 e. The maximum atomic E-state index is 9.06. The van der Waals surface area contributed by atoms with Gasteiger partial charge in [0.25, 0.3) is 0 Å². The molecule has 0 heterocycles. The average Bonchev–Trinajstić information content (AvgIpc) is 2.67. The first-order valence-corrected chi connectivity index (χ1v) is 5.57. The maximum Gasteiger partial charge on any atom is -0.0809 e. The van der Waals surface area contributed by atoms with Gasteiger partial charge in [-0.25, -0.2) is 0 Å². The Hall–Kier alpha value is -0.657. The molecular formula is C11H8IO2Ru-. The van der Waals surface area contributed by atoms with Crippen molar-refractivity contribution in [3.63, 3.8) is 0 Å². The van der Waals surface area contributed by atoms with E-state index in [-0.39, 0.29) is 24.0 Å². The molecule has 4 heteroatoms. The van der Waals surface area contributed by atoms with Crippen molar-refractivity contribution in [2.75, 3.05) is 0 Å². The van der Waals surface area contributed by atoms with Crippen molar-refractivity contribution in [3.05, 3.63) is 42.5 Å². The molecule has 2 aromatic rings. The van der Waals surface area contributed by atoms with Gasteiger partial charge in [0.15, 0.2) is 0 Å². The van der Waals surface area contributed by atoms with Crippen molar-refractivity contribution in [2.45, 2.75) is 0 Å². The SMILES string of the molecule is I.O=[C]=[Ru]=[C]=O.c1ccc2[cH-]ccc2c1. The second-order valence-corrected chi connectivity index (χ2v) is 3.53. The molecule has 2 rings (SSSR count). The zero-order valence-corrected chi connectivity index (χ0v) is 11.7. The molecule has 2 aromatic carbocycles. The van der Waals surface area contributed by atoms with Gasteiger partial charge < -0.3 is 0 Å². The quantitative estimate of drug-likeness (QED) is 0.387. The van der Waals surface area contributed by atoms with Crippen LogP contribution in [0.3, 0.4) is 0 Å². The Bertz CT molecular complexity index is 474. The molecule has 0 aliphatic heterocycles. The van der Waals surface area contributed by atoms with Gasteiger partial charge in [-0.3, -0.25) is 0 Å². The van der Waals surface area contributed by atoms with E-state index in [9.17, 15) is 0 Å². The van der Waals surface area contributed by atoms with Crippen LogP contribution in [0.15, 0.2) is 42.5 Å². The van der Waals surface area contributed by atoms with Crippen molar-refractivity contribution in [2.24, 2.45) is 0 Å². The molecule has 0 aliphatic rings. The summed E-state index contributed by atoms with van der Waals surface area (Å²) in [6.07, 6.45) is 0. The molecule has 0 saturated heterocycles. The van der Waals surface area contributed by atoms with E-state index in [0.29, 0.717) is 0 Å². The van der Waals surface area contributed by atoms with Crippen LogP contribution in [-0.2, 0) is 25.8 Å². The third-order valence-corrected chi connectivity index (χ3v) is 1.97. The molecule has 0 aliphatic carbocycles. The van der Waals surface area contributed by atoms with E-state index < -0.39 is 16.2 Å². The van der Waals surface area contributed by atoms with Gasteiger partial charge in [-0.1, -0.05) is 6.07 Å². The summed E-state index contributed by atoms with van der Waals surface area (Å²) in [5.74, 6) is 0. The van der Waals surface area contributed by atoms with Crippen LogP contribution in [-0.4, -0.2) is 8.95 Å². The van der Waals surface area contributed by atoms with Crippen molar-refractivity contribution < 1.29 is 25.8 Å². The first-order valence-electron chi connectivity index (χ1n) is 3.83. The van der Waals surface area contributed by atoms with E-state index in [1.54, 1.807) is 0 Å². The fourth-order valence-electron chi connectivity index (χ4n) is 1.08. The van der Waals surface area contributed by atoms with Crippen molar-refractivity contribution >= 4 is 43.7 Å². The van der Waals surface area contributed by atoms with Crippen LogP contribution in [0.25, 0.3) is 10.8 Å². The van der Waals surface area contributed by atoms with E-state index in [1.807, 2.05) is 0 Å². The molecule has 0 aromatic heterocycles. The van der Waals surface area contributed by atoms with Crippen LogP contribution < -0.4 is 0 Å². The van der Waals surface area contributed by atoms with Crippen LogP contribution in [0.4, 0.5) is 0 Å². The van der Waals surface area contributed by atoms with E-state index in [1.165, 1.54) is 19.7 Å². The largest absolute Gasteiger partial charge is 0.168 e. The minimum absolute atomic E-state index is 0. The molecule has 0 bridgehead atoms. The number of benzene rings is 1. The normalized spacial score (nSPS) is 7.73. The second kappa shape index (κ2) is 8.64. The number of carbonyl (C=O) groups excluding carboxylic acids is 2. The monoisotopic (exact) mass is 401 g/mol. The molecule has 2 nitrogen and oxygen atoms in total. The summed E-state index contributed by atoms with van der Waals surface area (Å²) in [5.41, 5.74) is 0. The predicted molar refractivity (Wildman–Crippen MR) is 66.3 cm³/mol. The predicted octanol–water partition coefficient (Wildman–Crippen LogP) is 2.38. The standard InChI is InChI=1S/C9H7.2CO.HI.Ru/c1-2-5-9-7-3-6-8(9)4-1;2*1-2;;/h1-7H;;;1H;/q-1;;;;. The number of hydrogen-bond acceptors (Lipinski definition) is 2.